The summed E-state index contributed by atoms with van der Waals surface area (Å²) in [5.74, 6) is -0.396. The SMILES string of the molecule is C=c1/c(=C\C=C/C)cc(CC(=O)OCC)n1C(=O)OC(C)(C)C. The van der Waals surface area contributed by atoms with Crippen molar-refractivity contribution in [3.05, 3.63) is 34.5 Å². The van der Waals surface area contributed by atoms with Gasteiger partial charge in [-0.1, -0.05) is 24.8 Å². The first kappa shape index (κ1) is 18.7. The zero-order chi connectivity index (χ0) is 17.6. The Kier molecular flexibility index (Phi) is 6.37. The molecule has 0 radical (unpaired) electrons. The molecule has 1 rings (SSSR count). The molecular weight excluding hydrogens is 294 g/mol. The van der Waals surface area contributed by atoms with Gasteiger partial charge in [-0.2, -0.15) is 0 Å². The number of carbonyl (C=O) groups excluding carboxylic acids is 2. The Hall–Kier alpha value is -2.30. The summed E-state index contributed by atoms with van der Waals surface area (Å²) in [7, 11) is 0. The number of esters is 1. The highest BCUT2D eigenvalue weighted by atomic mass is 16.6. The molecule has 0 aliphatic rings. The zero-order valence-electron chi connectivity index (χ0n) is 14.5. The van der Waals surface area contributed by atoms with E-state index in [1.165, 1.54) is 4.57 Å². The van der Waals surface area contributed by atoms with E-state index in [2.05, 4.69) is 6.58 Å². The molecular formula is C18H25NO4. The van der Waals surface area contributed by atoms with Crippen molar-refractivity contribution in [2.24, 2.45) is 0 Å². The summed E-state index contributed by atoms with van der Waals surface area (Å²) >= 11 is 0. The highest BCUT2D eigenvalue weighted by molar-refractivity contribution is 5.77. The van der Waals surface area contributed by atoms with E-state index in [-0.39, 0.29) is 6.42 Å². The van der Waals surface area contributed by atoms with Crippen LogP contribution in [0.4, 0.5) is 4.79 Å². The van der Waals surface area contributed by atoms with Crippen molar-refractivity contribution < 1.29 is 19.1 Å². The van der Waals surface area contributed by atoms with Gasteiger partial charge in [-0.05, 0) is 45.9 Å². The van der Waals surface area contributed by atoms with Crippen LogP contribution in [0.1, 0.15) is 40.3 Å². The maximum absolute atomic E-state index is 12.4. The second-order valence-corrected chi connectivity index (χ2v) is 6.03. The molecule has 0 atom stereocenters. The van der Waals surface area contributed by atoms with Gasteiger partial charge < -0.3 is 9.47 Å². The highest BCUT2D eigenvalue weighted by Gasteiger charge is 2.22. The Morgan fingerprint density at radius 3 is 2.52 bits per heavy atom. The van der Waals surface area contributed by atoms with Crippen molar-refractivity contribution >= 4 is 24.7 Å². The lowest BCUT2D eigenvalue weighted by atomic mass is 10.2. The van der Waals surface area contributed by atoms with E-state index < -0.39 is 17.7 Å². The van der Waals surface area contributed by atoms with Gasteiger partial charge in [0.15, 0.2) is 0 Å². The van der Waals surface area contributed by atoms with Crippen molar-refractivity contribution in [3.63, 3.8) is 0 Å². The van der Waals surface area contributed by atoms with Crippen LogP contribution in [0.5, 0.6) is 0 Å². The number of aromatic nitrogens is 1. The fraction of sp³-hybridized carbons (Fsp3) is 0.444. The van der Waals surface area contributed by atoms with Gasteiger partial charge in [-0.25, -0.2) is 9.36 Å². The van der Waals surface area contributed by atoms with Gasteiger partial charge >= 0.3 is 12.1 Å². The van der Waals surface area contributed by atoms with Gasteiger partial charge in [0.2, 0.25) is 0 Å². The number of nitrogens with zero attached hydrogens (tertiary/aromatic N) is 1. The van der Waals surface area contributed by atoms with Crippen molar-refractivity contribution in [2.45, 2.75) is 46.6 Å². The molecule has 0 N–H and O–H groups in total. The summed E-state index contributed by atoms with van der Waals surface area (Å²) in [5, 5.41) is 1.24. The molecule has 0 aromatic carbocycles. The summed E-state index contributed by atoms with van der Waals surface area (Å²) < 4.78 is 11.7. The molecule has 1 aromatic rings. The number of allylic oxidation sites excluding steroid dienone is 2. The minimum Gasteiger partial charge on any atom is -0.466 e. The van der Waals surface area contributed by atoms with E-state index in [9.17, 15) is 9.59 Å². The predicted molar refractivity (Wildman–Crippen MR) is 90.5 cm³/mol. The van der Waals surface area contributed by atoms with Crippen LogP contribution in [0, 0.1) is 0 Å². The number of rotatable bonds is 4. The first-order valence-corrected chi connectivity index (χ1v) is 7.61. The summed E-state index contributed by atoms with van der Waals surface area (Å²) in [5.41, 5.74) is -0.138. The molecule has 0 saturated heterocycles. The van der Waals surface area contributed by atoms with Crippen LogP contribution < -0.4 is 10.6 Å². The average Bonchev–Trinajstić information content (AvgIpc) is 2.70. The quantitative estimate of drug-likeness (QED) is 0.798. The summed E-state index contributed by atoms with van der Waals surface area (Å²) in [6.07, 6.45) is 4.98. The third-order valence-electron chi connectivity index (χ3n) is 2.89. The van der Waals surface area contributed by atoms with E-state index >= 15 is 0 Å². The maximum atomic E-state index is 12.4. The van der Waals surface area contributed by atoms with E-state index in [0.29, 0.717) is 17.6 Å². The van der Waals surface area contributed by atoms with Crippen LogP contribution in [-0.4, -0.2) is 28.8 Å². The molecule has 1 aromatic heterocycles. The molecule has 0 saturated carbocycles. The number of carbonyl (C=O) groups is 2. The fourth-order valence-electron chi connectivity index (χ4n) is 2.00. The van der Waals surface area contributed by atoms with Crippen molar-refractivity contribution in [1.29, 1.82) is 0 Å². The lowest BCUT2D eigenvalue weighted by Crippen LogP contribution is -2.37. The summed E-state index contributed by atoms with van der Waals surface area (Å²) in [4.78, 5) is 24.2. The second-order valence-electron chi connectivity index (χ2n) is 6.03. The van der Waals surface area contributed by atoms with Crippen LogP contribution in [0.3, 0.4) is 0 Å². The molecule has 0 fully saturated rings. The molecule has 0 aliphatic carbocycles. The Labute approximate surface area is 136 Å². The third-order valence-corrected chi connectivity index (χ3v) is 2.89. The normalized spacial score (nSPS) is 12.7. The zero-order valence-corrected chi connectivity index (χ0v) is 14.5. The number of ether oxygens (including phenoxy) is 2. The minimum atomic E-state index is -0.637. The summed E-state index contributed by atoms with van der Waals surface area (Å²) in [6.45, 7) is 13.2. The minimum absolute atomic E-state index is 0.0146. The number of hydrogen-bond acceptors (Lipinski definition) is 4. The number of hydrogen-bond donors (Lipinski definition) is 0. The van der Waals surface area contributed by atoms with E-state index in [1.54, 1.807) is 33.8 Å². The largest absolute Gasteiger partial charge is 0.466 e. The lowest BCUT2D eigenvalue weighted by molar-refractivity contribution is -0.142. The van der Waals surface area contributed by atoms with Crippen molar-refractivity contribution in [2.75, 3.05) is 6.61 Å². The molecule has 1 heterocycles. The highest BCUT2D eigenvalue weighted by Crippen LogP contribution is 2.09. The fourth-order valence-corrected chi connectivity index (χ4v) is 2.00. The molecule has 0 aliphatic heterocycles. The standard InChI is InChI=1S/C18H25NO4/c1-7-9-10-14-11-15(12-16(20)22-8-2)19(13(14)3)17(21)23-18(4,5)6/h7,9-11H,3,8,12H2,1-2,4-6H3/b9-7-,14-10-. The molecule has 126 valence electrons. The monoisotopic (exact) mass is 319 g/mol. The Morgan fingerprint density at radius 2 is 2.00 bits per heavy atom. The van der Waals surface area contributed by atoms with Crippen LogP contribution >= 0.6 is 0 Å². The van der Waals surface area contributed by atoms with Crippen LogP contribution in [0.25, 0.3) is 12.7 Å². The molecule has 23 heavy (non-hydrogen) atoms. The average molecular weight is 319 g/mol. The molecule has 0 amide bonds. The van der Waals surface area contributed by atoms with Crippen LogP contribution in [0.2, 0.25) is 0 Å². The first-order valence-electron chi connectivity index (χ1n) is 7.61. The molecule has 0 unspecified atom stereocenters. The van der Waals surface area contributed by atoms with Crippen LogP contribution in [-0.2, 0) is 20.7 Å². The molecule has 0 bridgehead atoms. The Morgan fingerprint density at radius 1 is 1.35 bits per heavy atom. The first-order chi connectivity index (χ1) is 10.7. The predicted octanol–water partition coefficient (Wildman–Crippen LogP) is 2.14. The van der Waals surface area contributed by atoms with Gasteiger partial charge in [0.25, 0.3) is 0 Å². The Bertz CT molecular complexity index is 705. The third kappa shape index (κ3) is 5.43. The van der Waals surface area contributed by atoms with Gasteiger partial charge in [-0.3, -0.25) is 4.79 Å². The van der Waals surface area contributed by atoms with Crippen LogP contribution in [0.15, 0.2) is 18.2 Å². The Balaban J connectivity index is 3.34. The topological polar surface area (TPSA) is 57.5 Å². The van der Waals surface area contributed by atoms with Gasteiger partial charge in [0.05, 0.1) is 18.4 Å². The van der Waals surface area contributed by atoms with Gasteiger partial charge in [0.1, 0.15) is 5.60 Å². The van der Waals surface area contributed by atoms with Crippen molar-refractivity contribution in [3.8, 4) is 0 Å². The molecule has 0 spiro atoms. The van der Waals surface area contributed by atoms with Crippen molar-refractivity contribution in [1.82, 2.24) is 4.57 Å². The lowest BCUT2D eigenvalue weighted by Gasteiger charge is -2.20. The van der Waals surface area contributed by atoms with E-state index in [1.807, 2.05) is 25.2 Å². The summed E-state index contributed by atoms with van der Waals surface area (Å²) in [6, 6.07) is 1.75. The molecule has 5 nitrogen and oxygen atoms in total. The second kappa shape index (κ2) is 7.81. The van der Waals surface area contributed by atoms with E-state index in [4.69, 9.17) is 9.47 Å². The van der Waals surface area contributed by atoms with E-state index in [0.717, 1.165) is 5.22 Å². The molecule has 5 heteroatoms. The van der Waals surface area contributed by atoms with Gasteiger partial charge in [-0.15, -0.1) is 0 Å². The van der Waals surface area contributed by atoms with Gasteiger partial charge in [0, 0.05) is 5.69 Å². The smallest absolute Gasteiger partial charge is 0.419 e. The maximum Gasteiger partial charge on any atom is 0.419 e.